The van der Waals surface area contributed by atoms with Gasteiger partial charge in [0.05, 0.1) is 12.3 Å². The van der Waals surface area contributed by atoms with Crippen molar-refractivity contribution in [1.29, 1.82) is 0 Å². The second-order valence-electron chi connectivity index (χ2n) is 3.35. The van der Waals surface area contributed by atoms with E-state index in [2.05, 4.69) is 17.9 Å². The van der Waals surface area contributed by atoms with Crippen molar-refractivity contribution in [3.05, 3.63) is 18.2 Å². The van der Waals surface area contributed by atoms with E-state index >= 15 is 0 Å². The maximum atomic E-state index is 9.27. The lowest BCUT2D eigenvalue weighted by Crippen LogP contribution is -2.26. The summed E-state index contributed by atoms with van der Waals surface area (Å²) in [5.74, 6) is 0.908. The van der Waals surface area contributed by atoms with Crippen LogP contribution in [0, 0.1) is 0 Å². The first-order valence-corrected chi connectivity index (χ1v) is 7.02. The molecule has 16 heavy (non-hydrogen) atoms. The van der Waals surface area contributed by atoms with Gasteiger partial charge in [0.2, 0.25) is 0 Å². The Morgan fingerprint density at radius 3 is 2.94 bits per heavy atom. The van der Waals surface area contributed by atoms with E-state index < -0.39 is 0 Å². The fourth-order valence-corrected chi connectivity index (χ4v) is 3.75. The van der Waals surface area contributed by atoms with Gasteiger partial charge in [0, 0.05) is 11.4 Å². The highest BCUT2D eigenvalue weighted by molar-refractivity contribution is 8.16. The molecule has 0 amide bonds. The zero-order chi connectivity index (χ0) is 11.5. The minimum atomic E-state index is 0.0432. The second kappa shape index (κ2) is 5.21. The maximum Gasteiger partial charge on any atom is 0.144 e. The lowest BCUT2D eigenvalue weighted by molar-refractivity contribution is 0.340. The first-order valence-electron chi connectivity index (χ1n) is 5.31. The van der Waals surface area contributed by atoms with Gasteiger partial charge in [-0.1, -0.05) is 23.0 Å². The Kier molecular flexibility index (Phi) is 3.89. The Morgan fingerprint density at radius 1 is 1.50 bits per heavy atom. The third kappa shape index (κ3) is 1.99. The van der Waals surface area contributed by atoms with Crippen molar-refractivity contribution < 1.29 is 4.74 Å². The number of hydrogen-bond acceptors (Lipinski definition) is 4. The van der Waals surface area contributed by atoms with Gasteiger partial charge in [-0.3, -0.25) is 0 Å². The molecule has 86 valence electrons. The van der Waals surface area contributed by atoms with Crippen LogP contribution in [0.15, 0.2) is 23.1 Å². The van der Waals surface area contributed by atoms with Crippen LogP contribution >= 0.6 is 23.7 Å². The van der Waals surface area contributed by atoms with Crippen LogP contribution < -0.4 is 14.8 Å². The van der Waals surface area contributed by atoms with Crippen LogP contribution in [0.2, 0.25) is 0 Å². The fraction of sp³-hybridized carbons (Fsp3) is 0.455. The van der Waals surface area contributed by atoms with Crippen LogP contribution in [0.3, 0.4) is 0 Å². The number of thioether (sulfide) groups is 1. The Labute approximate surface area is 105 Å². The average molecular weight is 254 g/mol. The van der Waals surface area contributed by atoms with Crippen molar-refractivity contribution in [3.63, 3.8) is 0 Å². The number of fused-ring (bicyclic) bond motifs is 1. The smallest absolute Gasteiger partial charge is 0.144 e. The van der Waals surface area contributed by atoms with Crippen molar-refractivity contribution in [2.45, 2.75) is 23.4 Å². The molecule has 3 nitrogen and oxygen atoms in total. The quantitative estimate of drug-likeness (QED) is 0.774. The molecule has 0 bridgehead atoms. The van der Waals surface area contributed by atoms with Gasteiger partial charge in [-0.25, -0.2) is 0 Å². The van der Waals surface area contributed by atoms with Gasteiger partial charge >= 0.3 is 0 Å². The number of ether oxygens (including phenoxy) is 1. The molecule has 1 aromatic carbocycles. The van der Waals surface area contributed by atoms with Crippen molar-refractivity contribution in [2.75, 3.05) is 18.1 Å². The Bertz CT molecular complexity index is 373. The molecule has 1 aliphatic heterocycles. The number of anilines is 1. The molecule has 2 radical (unpaired) electrons. The molecule has 2 rings (SSSR count). The van der Waals surface area contributed by atoms with Crippen LogP contribution in [0.25, 0.3) is 0 Å². The van der Waals surface area contributed by atoms with E-state index in [1.54, 1.807) is 11.8 Å². The molecule has 5 heteroatoms. The van der Waals surface area contributed by atoms with Crippen LogP contribution in [0.1, 0.15) is 13.8 Å². The lowest BCUT2D eigenvalue weighted by atomic mass is 10.2. The zero-order valence-electron chi connectivity index (χ0n) is 9.34. The highest BCUT2D eigenvalue weighted by atomic mass is 32.2. The summed E-state index contributed by atoms with van der Waals surface area (Å²) >= 11 is 2.55. The van der Waals surface area contributed by atoms with Gasteiger partial charge in [0.1, 0.15) is 10.5 Å². The summed E-state index contributed by atoms with van der Waals surface area (Å²) in [6, 6.07) is 6.05. The third-order valence-electron chi connectivity index (χ3n) is 2.46. The zero-order valence-corrected chi connectivity index (χ0v) is 11.0. The molecule has 0 fully saturated rings. The molecule has 1 aliphatic rings. The van der Waals surface area contributed by atoms with Gasteiger partial charge in [-0.2, -0.15) is 0 Å². The summed E-state index contributed by atoms with van der Waals surface area (Å²) in [5.41, 5.74) is 1.11. The summed E-state index contributed by atoms with van der Waals surface area (Å²) in [6.07, 6.45) is 0. The Balaban J connectivity index is 2.38. The Morgan fingerprint density at radius 2 is 2.31 bits per heavy atom. The predicted octanol–water partition coefficient (Wildman–Crippen LogP) is 3.02. The van der Waals surface area contributed by atoms with E-state index in [4.69, 9.17) is 4.74 Å². The largest absolute Gasteiger partial charge is 0.492 e. The van der Waals surface area contributed by atoms with E-state index in [1.807, 2.05) is 19.1 Å². The minimum absolute atomic E-state index is 0.0432. The summed E-state index contributed by atoms with van der Waals surface area (Å²) in [7, 11) is 0. The SMILES string of the molecule is CCOc1cccc2c1N(CC)C(S[N])S2. The molecule has 0 aromatic heterocycles. The van der Waals surface area contributed by atoms with Crippen LogP contribution in [-0.4, -0.2) is 17.9 Å². The molecule has 1 aromatic rings. The summed E-state index contributed by atoms with van der Waals surface area (Å²) in [5, 5.41) is 9.27. The summed E-state index contributed by atoms with van der Waals surface area (Å²) < 4.78 is 5.67. The molecular weight excluding hydrogens is 240 g/mol. The van der Waals surface area contributed by atoms with Gasteiger partial charge < -0.3 is 9.64 Å². The molecule has 1 heterocycles. The topological polar surface area (TPSA) is 34.8 Å². The van der Waals surface area contributed by atoms with Gasteiger partial charge in [-0.05, 0) is 37.9 Å². The second-order valence-corrected chi connectivity index (χ2v) is 5.43. The van der Waals surface area contributed by atoms with Gasteiger partial charge in [0.15, 0.2) is 0 Å². The van der Waals surface area contributed by atoms with E-state index in [-0.39, 0.29) is 4.71 Å². The number of rotatable bonds is 4. The van der Waals surface area contributed by atoms with Crippen LogP contribution in [0.4, 0.5) is 5.69 Å². The van der Waals surface area contributed by atoms with Crippen molar-refractivity contribution >= 4 is 29.4 Å². The van der Waals surface area contributed by atoms with E-state index in [0.29, 0.717) is 6.61 Å². The van der Waals surface area contributed by atoms with E-state index in [9.17, 15) is 5.14 Å². The standard InChI is InChI=1S/C11H14N2OS2/c1-3-13-10-8(14-4-2)6-5-7-9(10)15-11(13)16-12/h5-7,11H,3-4H2,1-2H3. The molecule has 1 atom stereocenters. The molecule has 1 unspecified atom stereocenters. The molecule has 0 N–H and O–H groups in total. The van der Waals surface area contributed by atoms with Crippen molar-refractivity contribution in [2.24, 2.45) is 0 Å². The van der Waals surface area contributed by atoms with Gasteiger partial charge in [0.25, 0.3) is 0 Å². The Hall–Kier alpha value is -0.520. The normalized spacial score (nSPS) is 18.7. The minimum Gasteiger partial charge on any atom is -0.492 e. The average Bonchev–Trinajstić information content (AvgIpc) is 2.68. The molecule has 0 aliphatic carbocycles. The first-order chi connectivity index (χ1) is 7.81. The highest BCUT2D eigenvalue weighted by Gasteiger charge is 2.31. The number of nitrogens with zero attached hydrogens (tertiary/aromatic N) is 2. The number of benzene rings is 1. The van der Waals surface area contributed by atoms with Crippen LogP contribution in [-0.2, 0) is 0 Å². The van der Waals surface area contributed by atoms with Gasteiger partial charge in [-0.15, -0.1) is 0 Å². The maximum absolute atomic E-state index is 9.27. The monoisotopic (exact) mass is 254 g/mol. The first kappa shape index (κ1) is 12.0. The molecule has 0 saturated carbocycles. The number of hydrogen-bond donors (Lipinski definition) is 0. The molecule has 0 saturated heterocycles. The highest BCUT2D eigenvalue weighted by Crippen LogP contribution is 2.50. The van der Waals surface area contributed by atoms with E-state index in [1.165, 1.54) is 4.90 Å². The predicted molar refractivity (Wildman–Crippen MR) is 70.0 cm³/mol. The van der Waals surface area contributed by atoms with Crippen LogP contribution in [0.5, 0.6) is 5.75 Å². The summed E-state index contributed by atoms with van der Waals surface area (Å²) in [6.45, 7) is 5.59. The molecule has 0 spiro atoms. The fourth-order valence-electron chi connectivity index (χ4n) is 1.82. The number of para-hydroxylation sites is 1. The van der Waals surface area contributed by atoms with Crippen molar-refractivity contribution in [3.8, 4) is 5.75 Å². The molecular formula is C11H14N2OS2. The van der Waals surface area contributed by atoms with Crippen molar-refractivity contribution in [1.82, 2.24) is 5.14 Å². The van der Waals surface area contributed by atoms with E-state index in [0.717, 1.165) is 29.9 Å². The third-order valence-corrected chi connectivity index (χ3v) is 4.48. The summed E-state index contributed by atoms with van der Waals surface area (Å²) in [4.78, 5) is 3.34. The lowest BCUT2D eigenvalue weighted by Gasteiger charge is -2.23.